The molecule has 0 aromatic carbocycles. The standard InChI is InChI=1S/C12H13NO3/c1-7-10(14)5-9(12(15)16)11(7)8-3-2-4-13-6-8/h2-4,6-7,9,11H,5H2,1H3,(H,15,16)/t7?,9-,11+/m0/s1. The summed E-state index contributed by atoms with van der Waals surface area (Å²) in [6.07, 6.45) is 3.42. The molecule has 1 aromatic heterocycles. The molecule has 1 N–H and O–H groups in total. The van der Waals surface area contributed by atoms with Gasteiger partial charge in [-0.3, -0.25) is 14.6 Å². The number of pyridine rings is 1. The Bertz CT molecular complexity index is 416. The number of aromatic nitrogens is 1. The smallest absolute Gasteiger partial charge is 0.307 e. The molecular formula is C12H13NO3. The van der Waals surface area contributed by atoms with Gasteiger partial charge in [-0.1, -0.05) is 13.0 Å². The highest BCUT2D eigenvalue weighted by atomic mass is 16.4. The van der Waals surface area contributed by atoms with E-state index in [9.17, 15) is 9.59 Å². The van der Waals surface area contributed by atoms with Crippen LogP contribution >= 0.6 is 0 Å². The largest absolute Gasteiger partial charge is 0.481 e. The van der Waals surface area contributed by atoms with Crippen LogP contribution in [0.25, 0.3) is 0 Å². The molecular weight excluding hydrogens is 206 g/mol. The fourth-order valence-electron chi connectivity index (χ4n) is 2.41. The third kappa shape index (κ3) is 1.71. The van der Waals surface area contributed by atoms with E-state index in [0.717, 1.165) is 5.56 Å². The molecule has 1 fully saturated rings. The van der Waals surface area contributed by atoms with Crippen molar-refractivity contribution < 1.29 is 14.7 Å². The van der Waals surface area contributed by atoms with Crippen LogP contribution in [0.5, 0.6) is 0 Å². The summed E-state index contributed by atoms with van der Waals surface area (Å²) in [7, 11) is 0. The fourth-order valence-corrected chi connectivity index (χ4v) is 2.41. The quantitative estimate of drug-likeness (QED) is 0.818. The summed E-state index contributed by atoms with van der Waals surface area (Å²) >= 11 is 0. The van der Waals surface area contributed by atoms with Crippen LogP contribution in [0.4, 0.5) is 0 Å². The fraction of sp³-hybridized carbons (Fsp3) is 0.417. The van der Waals surface area contributed by atoms with Crippen molar-refractivity contribution >= 4 is 11.8 Å². The number of carboxylic acid groups (broad SMARTS) is 1. The molecule has 0 bridgehead atoms. The molecule has 1 unspecified atom stereocenters. The summed E-state index contributed by atoms with van der Waals surface area (Å²) in [5.41, 5.74) is 0.841. The highest BCUT2D eigenvalue weighted by Crippen LogP contribution is 2.41. The molecule has 1 aromatic rings. The Morgan fingerprint density at radius 2 is 2.31 bits per heavy atom. The molecule has 4 nitrogen and oxygen atoms in total. The monoisotopic (exact) mass is 219 g/mol. The summed E-state index contributed by atoms with van der Waals surface area (Å²) in [5.74, 6) is -1.94. The Morgan fingerprint density at radius 1 is 1.56 bits per heavy atom. The molecule has 0 spiro atoms. The van der Waals surface area contributed by atoms with Crippen LogP contribution in [0.3, 0.4) is 0 Å². The first-order valence-corrected chi connectivity index (χ1v) is 5.26. The average Bonchev–Trinajstić information content (AvgIpc) is 2.57. The molecule has 4 heteroatoms. The van der Waals surface area contributed by atoms with Gasteiger partial charge in [-0.2, -0.15) is 0 Å². The second kappa shape index (κ2) is 4.04. The van der Waals surface area contributed by atoms with E-state index in [4.69, 9.17) is 5.11 Å². The van der Waals surface area contributed by atoms with Crippen molar-refractivity contribution in [2.45, 2.75) is 19.3 Å². The minimum Gasteiger partial charge on any atom is -0.481 e. The molecule has 1 aliphatic carbocycles. The van der Waals surface area contributed by atoms with Gasteiger partial charge in [0.1, 0.15) is 5.78 Å². The molecule has 0 saturated heterocycles. The number of carbonyl (C=O) groups excluding carboxylic acids is 1. The number of hydrogen-bond donors (Lipinski definition) is 1. The molecule has 1 saturated carbocycles. The summed E-state index contributed by atoms with van der Waals surface area (Å²) in [6.45, 7) is 1.79. The predicted molar refractivity (Wildman–Crippen MR) is 56.9 cm³/mol. The maximum atomic E-state index is 11.6. The van der Waals surface area contributed by atoms with Gasteiger partial charge in [0.05, 0.1) is 5.92 Å². The minimum absolute atomic E-state index is 0.0289. The summed E-state index contributed by atoms with van der Waals surface area (Å²) in [4.78, 5) is 26.7. The van der Waals surface area contributed by atoms with Crippen molar-refractivity contribution in [3.63, 3.8) is 0 Å². The first-order valence-electron chi connectivity index (χ1n) is 5.26. The van der Waals surface area contributed by atoms with Gasteiger partial charge in [-0.25, -0.2) is 0 Å². The number of carbonyl (C=O) groups is 2. The summed E-state index contributed by atoms with van der Waals surface area (Å²) in [6, 6.07) is 3.60. The number of carboxylic acids is 1. The van der Waals surface area contributed by atoms with Crippen molar-refractivity contribution in [2.75, 3.05) is 0 Å². The van der Waals surface area contributed by atoms with E-state index in [1.807, 2.05) is 6.07 Å². The lowest BCUT2D eigenvalue weighted by molar-refractivity contribution is -0.142. The summed E-state index contributed by atoms with van der Waals surface area (Å²) in [5, 5.41) is 9.11. The zero-order chi connectivity index (χ0) is 11.7. The lowest BCUT2D eigenvalue weighted by atomic mass is 9.85. The second-order valence-corrected chi connectivity index (χ2v) is 4.22. The molecule has 1 aliphatic rings. The number of aliphatic carboxylic acids is 1. The van der Waals surface area contributed by atoms with E-state index in [-0.39, 0.29) is 24.0 Å². The van der Waals surface area contributed by atoms with Gasteiger partial charge >= 0.3 is 5.97 Å². The van der Waals surface area contributed by atoms with Crippen LogP contribution in [0, 0.1) is 11.8 Å². The van der Waals surface area contributed by atoms with E-state index in [1.54, 1.807) is 25.4 Å². The molecule has 0 aliphatic heterocycles. The van der Waals surface area contributed by atoms with Crippen LogP contribution in [0.1, 0.15) is 24.8 Å². The number of Topliss-reactive ketones (excluding diaryl/α,β-unsaturated/α-hetero) is 1. The van der Waals surface area contributed by atoms with Crippen molar-refractivity contribution in [3.05, 3.63) is 30.1 Å². The minimum atomic E-state index is -0.897. The van der Waals surface area contributed by atoms with Crippen LogP contribution in [0.15, 0.2) is 24.5 Å². The van der Waals surface area contributed by atoms with Gasteiger partial charge in [0.15, 0.2) is 0 Å². The van der Waals surface area contributed by atoms with Gasteiger partial charge in [0.25, 0.3) is 0 Å². The van der Waals surface area contributed by atoms with E-state index < -0.39 is 11.9 Å². The molecule has 1 heterocycles. The SMILES string of the molecule is CC1C(=O)C[C@H](C(=O)O)[C@H]1c1cccnc1. The summed E-state index contributed by atoms with van der Waals surface area (Å²) < 4.78 is 0. The molecule has 2 rings (SSSR count). The van der Waals surface area contributed by atoms with Crippen LogP contribution in [-0.2, 0) is 9.59 Å². The van der Waals surface area contributed by atoms with Crippen molar-refractivity contribution in [1.29, 1.82) is 0 Å². The maximum Gasteiger partial charge on any atom is 0.307 e. The van der Waals surface area contributed by atoms with Gasteiger partial charge < -0.3 is 5.11 Å². The van der Waals surface area contributed by atoms with Gasteiger partial charge in [-0.05, 0) is 11.6 Å². The molecule has 0 radical (unpaired) electrons. The third-order valence-corrected chi connectivity index (χ3v) is 3.29. The third-order valence-electron chi connectivity index (χ3n) is 3.29. The van der Waals surface area contributed by atoms with Crippen LogP contribution in [0.2, 0.25) is 0 Å². The Kier molecular flexibility index (Phi) is 2.73. The van der Waals surface area contributed by atoms with E-state index in [0.29, 0.717) is 0 Å². The highest BCUT2D eigenvalue weighted by Gasteiger charge is 2.44. The van der Waals surface area contributed by atoms with Crippen molar-refractivity contribution in [3.8, 4) is 0 Å². The lowest BCUT2D eigenvalue weighted by Crippen LogP contribution is -2.19. The van der Waals surface area contributed by atoms with Crippen LogP contribution in [-0.4, -0.2) is 21.8 Å². The molecule has 16 heavy (non-hydrogen) atoms. The lowest BCUT2D eigenvalue weighted by Gasteiger charge is -2.18. The number of hydrogen-bond acceptors (Lipinski definition) is 3. The number of ketones is 1. The molecule has 84 valence electrons. The van der Waals surface area contributed by atoms with Gasteiger partial charge in [-0.15, -0.1) is 0 Å². The number of rotatable bonds is 2. The topological polar surface area (TPSA) is 67.3 Å². The highest BCUT2D eigenvalue weighted by molar-refractivity contribution is 5.90. The molecule has 0 amide bonds. The Morgan fingerprint density at radius 3 is 2.88 bits per heavy atom. The zero-order valence-corrected chi connectivity index (χ0v) is 8.96. The van der Waals surface area contributed by atoms with Crippen LogP contribution < -0.4 is 0 Å². The average molecular weight is 219 g/mol. The second-order valence-electron chi connectivity index (χ2n) is 4.22. The zero-order valence-electron chi connectivity index (χ0n) is 8.96. The Hall–Kier alpha value is -1.71. The maximum absolute atomic E-state index is 11.6. The van der Waals surface area contributed by atoms with Crippen molar-refractivity contribution in [1.82, 2.24) is 4.98 Å². The first-order chi connectivity index (χ1) is 7.61. The molecule has 3 atom stereocenters. The van der Waals surface area contributed by atoms with E-state index >= 15 is 0 Å². The Balaban J connectivity index is 2.37. The van der Waals surface area contributed by atoms with Gasteiger partial charge in [0.2, 0.25) is 0 Å². The normalized spacial score (nSPS) is 29.3. The number of nitrogens with zero attached hydrogens (tertiary/aromatic N) is 1. The van der Waals surface area contributed by atoms with Crippen molar-refractivity contribution in [2.24, 2.45) is 11.8 Å². The van der Waals surface area contributed by atoms with E-state index in [2.05, 4.69) is 4.98 Å². The first kappa shape index (κ1) is 10.8. The Labute approximate surface area is 93.3 Å². The predicted octanol–water partition coefficient (Wildman–Crippen LogP) is 1.47. The van der Waals surface area contributed by atoms with Gasteiger partial charge in [0, 0.05) is 30.7 Å². The van der Waals surface area contributed by atoms with E-state index in [1.165, 1.54) is 0 Å².